The average Bonchev–Trinajstić information content (AvgIpc) is 2.87. The van der Waals surface area contributed by atoms with E-state index in [0.29, 0.717) is 11.3 Å². The van der Waals surface area contributed by atoms with Crippen molar-refractivity contribution in [2.24, 2.45) is 0 Å². The van der Waals surface area contributed by atoms with Crippen molar-refractivity contribution in [3.63, 3.8) is 0 Å². The van der Waals surface area contributed by atoms with Crippen LogP contribution in [0.4, 0.5) is 0 Å². The molecule has 5 nitrogen and oxygen atoms in total. The summed E-state index contributed by atoms with van der Waals surface area (Å²) in [4.78, 5) is 24.3. The molecule has 6 heteroatoms. The Balaban J connectivity index is 2.26. The fourth-order valence-electron chi connectivity index (χ4n) is 2.43. The molecule has 0 unspecified atom stereocenters. The summed E-state index contributed by atoms with van der Waals surface area (Å²) >= 11 is 1.37. The molecule has 2 aromatic rings. The van der Waals surface area contributed by atoms with Gasteiger partial charge in [0.25, 0.3) is 5.91 Å². The number of carboxylic acid groups (broad SMARTS) is 1. The molecule has 1 aromatic heterocycles. The fourth-order valence-corrected chi connectivity index (χ4v) is 3.53. The minimum absolute atomic E-state index is 0.328. The first-order valence-electron chi connectivity index (χ1n) is 7.58. The third-order valence-electron chi connectivity index (χ3n) is 3.80. The zero-order valence-corrected chi connectivity index (χ0v) is 14.3. The van der Waals surface area contributed by atoms with Gasteiger partial charge in [0.2, 0.25) is 0 Å². The van der Waals surface area contributed by atoms with Crippen LogP contribution in [0, 0.1) is 6.92 Å². The van der Waals surface area contributed by atoms with E-state index in [-0.39, 0.29) is 5.91 Å². The van der Waals surface area contributed by atoms with Gasteiger partial charge < -0.3 is 15.2 Å². The minimum atomic E-state index is -0.993. The maximum absolute atomic E-state index is 12.5. The summed E-state index contributed by atoms with van der Waals surface area (Å²) in [5.74, 6) is -0.588. The fraction of sp³-hybridized carbons (Fsp3) is 0.412. The van der Waals surface area contributed by atoms with Gasteiger partial charge in [-0.15, -0.1) is 11.3 Å². The van der Waals surface area contributed by atoms with Crippen molar-refractivity contribution in [2.45, 2.75) is 39.2 Å². The first kappa shape index (κ1) is 17.3. The molecule has 0 saturated heterocycles. The maximum Gasteiger partial charge on any atom is 0.326 e. The summed E-state index contributed by atoms with van der Waals surface area (Å²) in [6, 6.07) is 4.81. The first-order chi connectivity index (χ1) is 11.0. The van der Waals surface area contributed by atoms with Gasteiger partial charge in [-0.05, 0) is 42.5 Å². The zero-order chi connectivity index (χ0) is 17.0. The number of rotatable bonds is 7. The topological polar surface area (TPSA) is 75.6 Å². The smallest absolute Gasteiger partial charge is 0.326 e. The van der Waals surface area contributed by atoms with Gasteiger partial charge in [-0.1, -0.05) is 19.8 Å². The van der Waals surface area contributed by atoms with Crippen molar-refractivity contribution in [1.82, 2.24) is 5.32 Å². The van der Waals surface area contributed by atoms with Crippen LogP contribution >= 0.6 is 11.3 Å². The number of nitrogens with one attached hydrogen (secondary N) is 1. The number of methoxy groups -OCH3 is 1. The number of carbonyl (C=O) groups excluding carboxylic acids is 1. The number of amides is 1. The summed E-state index contributed by atoms with van der Waals surface area (Å²) in [6.45, 7) is 3.86. The largest absolute Gasteiger partial charge is 0.497 e. The molecule has 0 spiro atoms. The summed E-state index contributed by atoms with van der Waals surface area (Å²) in [5, 5.41) is 12.8. The Morgan fingerprint density at radius 3 is 2.74 bits per heavy atom. The number of hydrogen-bond donors (Lipinski definition) is 2. The lowest BCUT2D eigenvalue weighted by Gasteiger charge is -2.13. The second-order valence-corrected chi connectivity index (χ2v) is 6.48. The van der Waals surface area contributed by atoms with Crippen molar-refractivity contribution in [3.05, 3.63) is 28.6 Å². The SMILES string of the molecule is CCCC[C@H](NC(=O)c1sc2ccc(OC)cc2c1C)C(=O)O. The molecule has 1 heterocycles. The molecule has 0 saturated carbocycles. The Morgan fingerprint density at radius 1 is 1.39 bits per heavy atom. The van der Waals surface area contributed by atoms with Gasteiger partial charge >= 0.3 is 5.97 Å². The molecule has 0 aliphatic rings. The minimum Gasteiger partial charge on any atom is -0.497 e. The summed E-state index contributed by atoms with van der Waals surface area (Å²) < 4.78 is 6.19. The van der Waals surface area contributed by atoms with Crippen molar-refractivity contribution in [1.29, 1.82) is 0 Å². The highest BCUT2D eigenvalue weighted by Crippen LogP contribution is 2.33. The predicted molar refractivity (Wildman–Crippen MR) is 91.5 cm³/mol. The van der Waals surface area contributed by atoms with Gasteiger partial charge in [-0.2, -0.15) is 0 Å². The number of carbonyl (C=O) groups is 2. The lowest BCUT2D eigenvalue weighted by atomic mass is 10.1. The number of aryl methyl sites for hydroxylation is 1. The lowest BCUT2D eigenvalue weighted by Crippen LogP contribution is -2.40. The third kappa shape index (κ3) is 3.82. The molecule has 0 aliphatic heterocycles. The van der Waals surface area contributed by atoms with E-state index in [4.69, 9.17) is 4.74 Å². The van der Waals surface area contributed by atoms with Crippen LogP contribution in [-0.2, 0) is 4.79 Å². The van der Waals surface area contributed by atoms with Crippen molar-refractivity contribution >= 4 is 33.3 Å². The monoisotopic (exact) mass is 335 g/mol. The van der Waals surface area contributed by atoms with E-state index >= 15 is 0 Å². The lowest BCUT2D eigenvalue weighted by molar-refractivity contribution is -0.139. The number of fused-ring (bicyclic) bond motifs is 1. The summed E-state index contributed by atoms with van der Waals surface area (Å²) in [6.07, 6.45) is 2.09. The van der Waals surface area contributed by atoms with E-state index in [1.807, 2.05) is 32.0 Å². The summed E-state index contributed by atoms with van der Waals surface area (Å²) in [5.41, 5.74) is 0.848. The maximum atomic E-state index is 12.5. The Morgan fingerprint density at radius 2 is 2.13 bits per heavy atom. The molecule has 124 valence electrons. The van der Waals surface area contributed by atoms with E-state index in [0.717, 1.165) is 34.2 Å². The quantitative estimate of drug-likeness (QED) is 0.811. The number of aliphatic carboxylic acids is 1. The van der Waals surface area contributed by atoms with Gasteiger partial charge in [0.05, 0.1) is 12.0 Å². The molecular formula is C17H21NO4S. The first-order valence-corrected chi connectivity index (χ1v) is 8.40. The van der Waals surface area contributed by atoms with E-state index in [2.05, 4.69) is 5.32 Å². The number of carboxylic acids is 1. The van der Waals surface area contributed by atoms with Crippen molar-refractivity contribution in [2.75, 3.05) is 7.11 Å². The predicted octanol–water partition coefficient (Wildman–Crippen LogP) is 3.59. The van der Waals surface area contributed by atoms with Crippen molar-refractivity contribution < 1.29 is 19.4 Å². The molecule has 0 fully saturated rings. The zero-order valence-electron chi connectivity index (χ0n) is 13.5. The molecule has 0 bridgehead atoms. The molecule has 1 atom stereocenters. The number of hydrogen-bond acceptors (Lipinski definition) is 4. The summed E-state index contributed by atoms with van der Waals surface area (Å²) in [7, 11) is 1.60. The normalized spacial score (nSPS) is 12.1. The molecule has 0 radical (unpaired) electrons. The van der Waals surface area contributed by atoms with Crippen LogP contribution in [0.25, 0.3) is 10.1 Å². The van der Waals surface area contributed by atoms with Gasteiger partial charge in [-0.3, -0.25) is 4.79 Å². The Kier molecular flexibility index (Phi) is 5.60. The average molecular weight is 335 g/mol. The van der Waals surface area contributed by atoms with Crippen LogP contribution in [0.3, 0.4) is 0 Å². The van der Waals surface area contributed by atoms with Gasteiger partial charge in [-0.25, -0.2) is 4.79 Å². The van der Waals surface area contributed by atoms with Crippen LogP contribution in [0.15, 0.2) is 18.2 Å². The van der Waals surface area contributed by atoms with Gasteiger partial charge in [0, 0.05) is 4.70 Å². The number of unbranched alkanes of at least 4 members (excludes halogenated alkanes) is 1. The highest BCUT2D eigenvalue weighted by atomic mass is 32.1. The standard InChI is InChI=1S/C17H21NO4S/c1-4-5-6-13(17(20)21)18-16(19)15-10(2)12-9-11(22-3)7-8-14(12)23-15/h7-9,13H,4-6H2,1-3H3,(H,18,19)(H,20,21)/t13-/m0/s1. The molecule has 1 amide bonds. The molecule has 0 aliphatic carbocycles. The third-order valence-corrected chi connectivity index (χ3v) is 5.07. The Hall–Kier alpha value is -2.08. The van der Waals surface area contributed by atoms with Crippen LogP contribution in [0.1, 0.15) is 41.4 Å². The number of ether oxygens (including phenoxy) is 1. The Bertz CT molecular complexity index is 723. The van der Waals surface area contributed by atoms with Crippen LogP contribution in [0.2, 0.25) is 0 Å². The molecule has 1 aromatic carbocycles. The molecule has 23 heavy (non-hydrogen) atoms. The second-order valence-electron chi connectivity index (χ2n) is 5.42. The van der Waals surface area contributed by atoms with Crippen LogP contribution < -0.4 is 10.1 Å². The van der Waals surface area contributed by atoms with Crippen LogP contribution in [0.5, 0.6) is 5.75 Å². The molecule has 2 rings (SSSR count). The van der Waals surface area contributed by atoms with Crippen molar-refractivity contribution in [3.8, 4) is 5.75 Å². The van der Waals surface area contributed by atoms with Gasteiger partial charge in [0.15, 0.2) is 0 Å². The second kappa shape index (κ2) is 7.46. The van der Waals surface area contributed by atoms with E-state index in [9.17, 15) is 14.7 Å². The highest BCUT2D eigenvalue weighted by Gasteiger charge is 2.23. The molecular weight excluding hydrogens is 314 g/mol. The van der Waals surface area contributed by atoms with E-state index < -0.39 is 12.0 Å². The number of thiophene rings is 1. The van der Waals surface area contributed by atoms with E-state index in [1.165, 1.54) is 11.3 Å². The van der Waals surface area contributed by atoms with Crippen LogP contribution in [-0.4, -0.2) is 30.1 Å². The van der Waals surface area contributed by atoms with E-state index in [1.54, 1.807) is 7.11 Å². The van der Waals surface area contributed by atoms with Gasteiger partial charge in [0.1, 0.15) is 11.8 Å². The Labute approximate surface area is 139 Å². The molecule has 2 N–H and O–H groups in total. The number of benzene rings is 1. The highest BCUT2D eigenvalue weighted by molar-refractivity contribution is 7.21.